The van der Waals surface area contributed by atoms with Crippen LogP contribution in [-0.2, 0) is 49.6 Å². The lowest BCUT2D eigenvalue weighted by Gasteiger charge is -1.98. The Bertz CT molecular complexity index is 1780. The van der Waals surface area contributed by atoms with E-state index in [2.05, 4.69) is 109 Å². The highest BCUT2D eigenvalue weighted by Gasteiger charge is 2.11. The second-order valence-electron chi connectivity index (χ2n) is 11.4. The third-order valence-electron chi connectivity index (χ3n) is 6.21. The molecule has 0 spiro atoms. The van der Waals surface area contributed by atoms with Crippen LogP contribution in [0.4, 0.5) is 0 Å². The summed E-state index contributed by atoms with van der Waals surface area (Å²) in [5, 5.41) is 60.5. The number of hydrogen-bond donors (Lipinski definition) is 0. The third kappa shape index (κ3) is 29.7. The quantitative estimate of drug-likeness (QED) is 0.197. The average Bonchev–Trinajstić information content (AvgIpc) is 4.08. The molecule has 0 saturated carbocycles. The van der Waals surface area contributed by atoms with Crippen molar-refractivity contribution in [3.8, 4) is 0 Å². The lowest BCUT2D eigenvalue weighted by Crippen LogP contribution is -2.16. The summed E-state index contributed by atoms with van der Waals surface area (Å²) >= 11 is 1.85. The van der Waals surface area contributed by atoms with E-state index in [9.17, 15) is 9.59 Å². The monoisotopic (exact) mass is 883 g/mol. The summed E-state index contributed by atoms with van der Waals surface area (Å²) in [6, 6.07) is 0. The number of aromatic nitrogens is 17. The predicted octanol–water partition coefficient (Wildman–Crippen LogP) is -0.0599. The normalized spacial score (nSPS) is 14.3. The van der Waals surface area contributed by atoms with Gasteiger partial charge in [0.15, 0.2) is 18.9 Å². The number of azo groups is 1. The van der Waals surface area contributed by atoms with E-state index >= 15 is 0 Å². The highest BCUT2D eigenvalue weighted by molar-refractivity contribution is 8.14. The summed E-state index contributed by atoms with van der Waals surface area (Å²) in [6.07, 6.45) is 14.8. The van der Waals surface area contributed by atoms with Gasteiger partial charge in [0.05, 0.1) is 43.6 Å². The molecule has 10 rings (SSSR count). The van der Waals surface area contributed by atoms with E-state index in [0.29, 0.717) is 13.1 Å². The van der Waals surface area contributed by atoms with Crippen LogP contribution in [0.2, 0.25) is 0 Å². The number of nitrogens with zero attached hydrogens (tertiary/aromatic N) is 27. The number of hydrazone groups is 1. The summed E-state index contributed by atoms with van der Waals surface area (Å²) in [5.41, 5.74) is 0. The van der Waals surface area contributed by atoms with Crippen molar-refractivity contribution in [3.63, 3.8) is 0 Å². The third-order valence-corrected chi connectivity index (χ3v) is 7.14. The van der Waals surface area contributed by atoms with Gasteiger partial charge in [-0.2, -0.15) is 40.2 Å². The van der Waals surface area contributed by atoms with Crippen molar-refractivity contribution in [2.75, 3.05) is 52.8 Å². The fraction of sp³-hybridized carbons (Fsp3) is 0.548. The van der Waals surface area contributed by atoms with Crippen molar-refractivity contribution < 1.29 is 14.3 Å². The molecule has 0 aliphatic carbocycles. The van der Waals surface area contributed by atoms with Gasteiger partial charge in [-0.1, -0.05) is 10.4 Å². The van der Waals surface area contributed by atoms with Crippen molar-refractivity contribution in [3.05, 3.63) is 50.1 Å². The maximum absolute atomic E-state index is 10.4. The standard InChI is InChI=1S/C4H6N2O.C4H7NO.C4H7NS.C3H5N3O.4C3H5N3.2C2H4N4/c1-6-4(7)2-3-5-6;2*1-4-5-2-3-6-4;1-6-3(7)2-4-5-6;1-6-3-4-2-5-6;1-6-3-2-4-5-6;1-6-4-2-3-5-6;1-3-4-2-5-6-3;1-6-2-3-4-5-6;1-6-4-2-3-5-6/h3H,2H2,1H3;2*2-3H2,1H3;2H2,1H3;3*2-3H,1H3;2H2,1H3;2*2H,1H3. The molecule has 5 aromatic rings. The van der Waals surface area contributed by atoms with Gasteiger partial charge in [0.2, 0.25) is 5.91 Å². The molecule has 0 fully saturated rings. The number of carbonyl (C=O) groups excluding carboxylic acids is 2. The first-order chi connectivity index (χ1) is 29.8. The minimum atomic E-state index is -0.0417. The topological polar surface area (TPSA) is 328 Å². The first-order valence-corrected chi connectivity index (χ1v) is 19.1. The van der Waals surface area contributed by atoms with Crippen molar-refractivity contribution >= 4 is 46.6 Å². The summed E-state index contributed by atoms with van der Waals surface area (Å²) in [4.78, 5) is 39.1. The van der Waals surface area contributed by atoms with E-state index < -0.39 is 0 Å². The Morgan fingerprint density at radius 1 is 0.677 bits per heavy atom. The van der Waals surface area contributed by atoms with Gasteiger partial charge in [0.25, 0.3) is 5.91 Å². The number of amides is 2. The van der Waals surface area contributed by atoms with Crippen molar-refractivity contribution in [2.24, 2.45) is 75.9 Å². The summed E-state index contributed by atoms with van der Waals surface area (Å²) in [7, 11) is 12.1. The van der Waals surface area contributed by atoms with Gasteiger partial charge in [0.1, 0.15) is 38.0 Å². The summed E-state index contributed by atoms with van der Waals surface area (Å²) in [6.45, 7) is 9.18. The van der Waals surface area contributed by atoms with Crippen molar-refractivity contribution in [2.45, 2.75) is 27.2 Å². The lowest BCUT2D eigenvalue weighted by atomic mass is 10.5. The molecule has 5 aromatic heterocycles. The molecule has 0 N–H and O–H groups in total. The molecular weight excluding hydrogens is 831 g/mol. The molecule has 336 valence electrons. The maximum atomic E-state index is 10.4. The smallest absolute Gasteiger partial charge is 0.267 e. The highest BCUT2D eigenvalue weighted by atomic mass is 32.2. The second kappa shape index (κ2) is 33.4. The van der Waals surface area contributed by atoms with Crippen molar-refractivity contribution in [1.82, 2.24) is 95.2 Å². The van der Waals surface area contributed by atoms with Crippen molar-refractivity contribution in [1.29, 1.82) is 0 Å². The molecule has 10 heterocycles. The van der Waals surface area contributed by atoms with E-state index in [4.69, 9.17) is 4.74 Å². The largest absolute Gasteiger partial charge is 0.479 e. The van der Waals surface area contributed by atoms with Gasteiger partial charge >= 0.3 is 0 Å². The zero-order valence-corrected chi connectivity index (χ0v) is 37.2. The van der Waals surface area contributed by atoms with Gasteiger partial charge in [-0.3, -0.25) is 28.9 Å². The summed E-state index contributed by atoms with van der Waals surface area (Å²) < 4.78 is 9.71. The highest BCUT2D eigenvalue weighted by Crippen LogP contribution is 2.09. The van der Waals surface area contributed by atoms with Crippen LogP contribution in [0.15, 0.2) is 90.7 Å². The first kappa shape index (κ1) is 52.5. The number of aryl methyl sites for hydroxylation is 5. The van der Waals surface area contributed by atoms with Gasteiger partial charge in [0, 0.05) is 73.9 Å². The molecule has 5 aliphatic rings. The molecule has 0 bridgehead atoms. The Labute approximate surface area is 361 Å². The van der Waals surface area contributed by atoms with Crippen LogP contribution in [0.5, 0.6) is 0 Å². The van der Waals surface area contributed by atoms with Crippen LogP contribution in [0.3, 0.4) is 0 Å². The number of likely N-dealkylation sites (N-methyl/N-ethyl adjacent to an activating group) is 1. The molecule has 30 nitrogen and oxygen atoms in total. The van der Waals surface area contributed by atoms with E-state index in [-0.39, 0.29) is 18.4 Å². The Balaban J connectivity index is 0.000000345. The molecule has 0 radical (unpaired) electrons. The number of carbonyl (C=O) groups is 2. The van der Waals surface area contributed by atoms with Gasteiger partial charge in [-0.25, -0.2) is 24.7 Å². The number of tetrazole rings is 2. The summed E-state index contributed by atoms with van der Waals surface area (Å²) in [5.74, 6) is 2.84. The molecule has 31 heteroatoms. The number of amidine groups is 1. The van der Waals surface area contributed by atoms with Crippen LogP contribution >= 0.6 is 11.8 Å². The number of rotatable bonds is 0. The Morgan fingerprint density at radius 2 is 1.45 bits per heavy atom. The Hall–Kier alpha value is -7.47. The van der Waals surface area contributed by atoms with Gasteiger partial charge in [-0.05, 0) is 29.5 Å². The Morgan fingerprint density at radius 3 is 1.61 bits per heavy atom. The van der Waals surface area contributed by atoms with Crippen LogP contribution < -0.4 is 0 Å². The molecular formula is C31H53N27O3S. The van der Waals surface area contributed by atoms with Crippen LogP contribution in [0.1, 0.15) is 27.2 Å². The Kier molecular flexibility index (Phi) is 28.3. The van der Waals surface area contributed by atoms with E-state index in [1.807, 2.05) is 39.7 Å². The van der Waals surface area contributed by atoms with Crippen LogP contribution in [0, 0.1) is 0 Å². The molecule has 0 atom stereocenters. The zero-order chi connectivity index (χ0) is 45.8. The number of aliphatic imine (C=N–C) groups is 3. The lowest BCUT2D eigenvalue weighted by molar-refractivity contribution is -0.127. The minimum Gasteiger partial charge on any atom is -0.479 e. The van der Waals surface area contributed by atoms with E-state index in [1.165, 1.54) is 54.1 Å². The SMILES string of the molecule is CC1=NCCO1.CC1=NCCS1.CC1=NCN=N1.CN1N=CCC1=O.CN1N=NCC1=O.Cn1ccnn1.Cn1cncn1.Cn1cnnn1.Cn1nccn1.Cn1ncnn1. The number of ether oxygens (including phenoxy) is 1. The zero-order valence-electron chi connectivity index (χ0n) is 36.4. The van der Waals surface area contributed by atoms with Gasteiger partial charge in [-0.15, -0.1) is 37.3 Å². The van der Waals surface area contributed by atoms with Gasteiger partial charge < -0.3 is 4.74 Å². The molecule has 5 aliphatic heterocycles. The first-order valence-electron chi connectivity index (χ1n) is 18.1. The minimum absolute atomic E-state index is 0.0417. The molecule has 0 aromatic carbocycles. The second-order valence-corrected chi connectivity index (χ2v) is 12.7. The van der Waals surface area contributed by atoms with Crippen LogP contribution in [0.25, 0.3) is 0 Å². The average molecular weight is 884 g/mol. The number of hydrogen-bond acceptors (Lipinski definition) is 24. The number of thioether (sulfide) groups is 1. The fourth-order valence-electron chi connectivity index (χ4n) is 3.20. The van der Waals surface area contributed by atoms with E-state index in [1.54, 1.807) is 81.9 Å². The molecule has 2 amide bonds. The predicted molar refractivity (Wildman–Crippen MR) is 226 cm³/mol. The maximum Gasteiger partial charge on any atom is 0.267 e. The van der Waals surface area contributed by atoms with E-state index in [0.717, 1.165) is 31.4 Å². The fourth-order valence-corrected chi connectivity index (χ4v) is 3.86. The molecule has 0 saturated heterocycles. The van der Waals surface area contributed by atoms with Crippen LogP contribution in [-0.4, -0.2) is 183 Å². The molecule has 0 unspecified atom stereocenters. The molecule has 62 heavy (non-hydrogen) atoms.